The first-order chi connectivity index (χ1) is 14.7. The molecular weight excluding hydrogens is 394 g/mol. The van der Waals surface area contributed by atoms with Crippen molar-refractivity contribution in [1.82, 2.24) is 15.3 Å². The van der Waals surface area contributed by atoms with Gasteiger partial charge in [0.25, 0.3) is 5.91 Å². The van der Waals surface area contributed by atoms with Crippen LogP contribution in [0.15, 0.2) is 23.2 Å². The van der Waals surface area contributed by atoms with E-state index in [0.29, 0.717) is 17.9 Å². The van der Waals surface area contributed by atoms with Crippen molar-refractivity contribution in [3.63, 3.8) is 0 Å². The lowest BCUT2D eigenvalue weighted by Gasteiger charge is -2.30. The van der Waals surface area contributed by atoms with Crippen molar-refractivity contribution in [2.45, 2.75) is 58.5 Å². The van der Waals surface area contributed by atoms with E-state index in [2.05, 4.69) is 25.6 Å². The number of aliphatic imine (C=N–C) groups is 1. The second kappa shape index (κ2) is 9.47. The van der Waals surface area contributed by atoms with E-state index >= 15 is 0 Å². The number of guanidine groups is 1. The second-order valence-electron chi connectivity index (χ2n) is 9.08. The summed E-state index contributed by atoms with van der Waals surface area (Å²) in [5.41, 5.74) is 12.6. The zero-order valence-electron chi connectivity index (χ0n) is 18.5. The van der Waals surface area contributed by atoms with Gasteiger partial charge in [-0.1, -0.05) is 38.3 Å². The molecule has 1 aromatic carbocycles. The standard InChI is InChI=1S/C22H33N7O2/c1-13-8-9-15-14(10-13)18(27-16-6-4-5-7-17(16)28-21(23)24)29-19(26-15)20(31)25-11-22(2,3)12-30/h8-10,16-17,30H,4-7,11-12H2,1-3H3,(H,25,31)(H4,23,24,28)(H,26,27,29)/t16-,17+/m0/s1. The van der Waals surface area contributed by atoms with Crippen molar-refractivity contribution in [2.75, 3.05) is 18.5 Å². The largest absolute Gasteiger partial charge is 0.396 e. The number of nitrogens with two attached hydrogens (primary N) is 2. The number of nitrogens with zero attached hydrogens (tertiary/aromatic N) is 3. The lowest BCUT2D eigenvalue weighted by atomic mass is 9.90. The van der Waals surface area contributed by atoms with E-state index < -0.39 is 5.41 Å². The molecule has 1 aliphatic rings. The fraction of sp³-hybridized carbons (Fsp3) is 0.545. The summed E-state index contributed by atoms with van der Waals surface area (Å²) < 4.78 is 0. The minimum Gasteiger partial charge on any atom is -0.396 e. The number of amides is 1. The summed E-state index contributed by atoms with van der Waals surface area (Å²) in [6.07, 6.45) is 3.93. The van der Waals surface area contributed by atoms with Gasteiger partial charge >= 0.3 is 0 Å². The molecule has 1 heterocycles. The van der Waals surface area contributed by atoms with Gasteiger partial charge in [0.2, 0.25) is 5.82 Å². The van der Waals surface area contributed by atoms with Gasteiger partial charge in [0, 0.05) is 24.0 Å². The summed E-state index contributed by atoms with van der Waals surface area (Å²) in [7, 11) is 0. The molecule has 31 heavy (non-hydrogen) atoms. The molecule has 1 saturated carbocycles. The van der Waals surface area contributed by atoms with E-state index in [-0.39, 0.29) is 36.4 Å². The third-order valence-corrected chi connectivity index (χ3v) is 5.58. The van der Waals surface area contributed by atoms with E-state index in [1.165, 1.54) is 0 Å². The number of anilines is 1. The Bertz CT molecular complexity index is 970. The van der Waals surface area contributed by atoms with Crippen LogP contribution in [0, 0.1) is 12.3 Å². The van der Waals surface area contributed by atoms with Gasteiger partial charge in [0.1, 0.15) is 5.82 Å². The van der Waals surface area contributed by atoms with E-state index in [1.54, 1.807) is 0 Å². The molecule has 9 nitrogen and oxygen atoms in total. The number of aliphatic hydroxyl groups excluding tert-OH is 1. The molecule has 0 unspecified atom stereocenters. The van der Waals surface area contributed by atoms with Crippen LogP contribution in [0.1, 0.15) is 55.7 Å². The Morgan fingerprint density at radius 1 is 1.26 bits per heavy atom. The van der Waals surface area contributed by atoms with E-state index in [9.17, 15) is 9.90 Å². The average molecular weight is 428 g/mol. The number of nitrogens with one attached hydrogen (secondary N) is 2. The molecule has 1 aliphatic carbocycles. The molecule has 3 rings (SSSR count). The van der Waals surface area contributed by atoms with Crippen molar-refractivity contribution in [3.05, 3.63) is 29.6 Å². The van der Waals surface area contributed by atoms with Gasteiger partial charge in [-0.15, -0.1) is 0 Å². The summed E-state index contributed by atoms with van der Waals surface area (Å²) in [4.78, 5) is 26.2. The van der Waals surface area contributed by atoms with E-state index in [1.807, 2.05) is 39.0 Å². The number of aliphatic hydroxyl groups is 1. The Morgan fingerprint density at radius 3 is 2.71 bits per heavy atom. The monoisotopic (exact) mass is 427 g/mol. The zero-order valence-corrected chi connectivity index (χ0v) is 18.5. The molecule has 1 fully saturated rings. The van der Waals surface area contributed by atoms with Crippen LogP contribution < -0.4 is 22.1 Å². The lowest BCUT2D eigenvalue weighted by molar-refractivity contribution is 0.0901. The first kappa shape index (κ1) is 22.7. The Labute approximate surface area is 182 Å². The molecule has 9 heteroatoms. The maximum absolute atomic E-state index is 12.8. The number of rotatable bonds is 7. The first-order valence-electron chi connectivity index (χ1n) is 10.7. The van der Waals surface area contributed by atoms with Crippen LogP contribution in [0.25, 0.3) is 10.9 Å². The SMILES string of the molecule is Cc1ccc2nc(C(=O)NCC(C)(C)CO)nc(N[C@H]3CCCC[C@H]3N=C(N)N)c2c1. The van der Waals surface area contributed by atoms with Crippen LogP contribution in [0.3, 0.4) is 0 Å². The molecular formula is C22H33N7O2. The van der Waals surface area contributed by atoms with Crippen molar-refractivity contribution < 1.29 is 9.90 Å². The van der Waals surface area contributed by atoms with Crippen LogP contribution in [-0.2, 0) is 0 Å². The molecule has 7 N–H and O–H groups in total. The number of aryl methyl sites for hydroxylation is 1. The Balaban J connectivity index is 1.94. The number of carbonyl (C=O) groups is 1. The highest BCUT2D eigenvalue weighted by molar-refractivity contribution is 5.96. The van der Waals surface area contributed by atoms with Crippen LogP contribution in [0.5, 0.6) is 0 Å². The summed E-state index contributed by atoms with van der Waals surface area (Å²) in [6, 6.07) is 5.82. The summed E-state index contributed by atoms with van der Waals surface area (Å²) >= 11 is 0. The van der Waals surface area contributed by atoms with Crippen molar-refractivity contribution >= 4 is 28.6 Å². The highest BCUT2D eigenvalue weighted by Crippen LogP contribution is 2.28. The molecule has 0 aliphatic heterocycles. The Hall–Kier alpha value is -2.94. The minimum atomic E-state index is -0.430. The number of carbonyl (C=O) groups excluding carboxylic acids is 1. The molecule has 0 saturated heterocycles. The smallest absolute Gasteiger partial charge is 0.289 e. The van der Waals surface area contributed by atoms with E-state index in [0.717, 1.165) is 36.6 Å². The molecule has 1 amide bonds. The predicted molar refractivity (Wildman–Crippen MR) is 123 cm³/mol. The summed E-state index contributed by atoms with van der Waals surface area (Å²) in [5, 5.41) is 16.6. The van der Waals surface area contributed by atoms with Crippen LogP contribution in [0.4, 0.5) is 5.82 Å². The minimum absolute atomic E-state index is 0.0127. The molecule has 0 spiro atoms. The number of fused-ring (bicyclic) bond motifs is 1. The van der Waals surface area contributed by atoms with Crippen molar-refractivity contribution in [2.24, 2.45) is 21.9 Å². The normalized spacial score (nSPS) is 19.1. The van der Waals surface area contributed by atoms with Crippen LogP contribution in [0.2, 0.25) is 0 Å². The fourth-order valence-corrected chi connectivity index (χ4v) is 3.71. The predicted octanol–water partition coefficient (Wildman–Crippen LogP) is 1.68. The van der Waals surface area contributed by atoms with Gasteiger partial charge in [0.15, 0.2) is 5.96 Å². The van der Waals surface area contributed by atoms with Crippen molar-refractivity contribution in [3.8, 4) is 0 Å². The van der Waals surface area contributed by atoms with Crippen LogP contribution >= 0.6 is 0 Å². The zero-order chi connectivity index (χ0) is 22.6. The highest BCUT2D eigenvalue weighted by Gasteiger charge is 2.27. The number of hydrogen-bond donors (Lipinski definition) is 5. The number of aromatic nitrogens is 2. The highest BCUT2D eigenvalue weighted by atomic mass is 16.3. The molecule has 1 aromatic heterocycles. The molecule has 0 bridgehead atoms. The van der Waals surface area contributed by atoms with Gasteiger partial charge in [-0.05, 0) is 31.9 Å². The van der Waals surface area contributed by atoms with Gasteiger partial charge in [0.05, 0.1) is 17.6 Å². The topological polar surface area (TPSA) is 152 Å². The fourth-order valence-electron chi connectivity index (χ4n) is 3.71. The quantitative estimate of drug-likeness (QED) is 0.333. The second-order valence-corrected chi connectivity index (χ2v) is 9.08. The third-order valence-electron chi connectivity index (χ3n) is 5.58. The molecule has 168 valence electrons. The van der Waals surface area contributed by atoms with Gasteiger partial charge < -0.3 is 27.2 Å². The van der Waals surface area contributed by atoms with Gasteiger partial charge in [-0.3, -0.25) is 4.79 Å². The lowest BCUT2D eigenvalue weighted by Crippen LogP contribution is -2.39. The van der Waals surface area contributed by atoms with Gasteiger partial charge in [-0.2, -0.15) is 0 Å². The van der Waals surface area contributed by atoms with Crippen LogP contribution in [-0.4, -0.2) is 52.2 Å². The van der Waals surface area contributed by atoms with E-state index in [4.69, 9.17) is 11.5 Å². The van der Waals surface area contributed by atoms with Gasteiger partial charge in [-0.25, -0.2) is 15.0 Å². The maximum atomic E-state index is 12.8. The Kier molecular flexibility index (Phi) is 6.94. The first-order valence-corrected chi connectivity index (χ1v) is 10.7. The molecule has 0 radical (unpaired) electrons. The number of benzene rings is 1. The molecule has 2 atom stereocenters. The average Bonchev–Trinajstić information content (AvgIpc) is 2.73. The maximum Gasteiger partial charge on any atom is 0.289 e. The molecule has 2 aromatic rings. The Morgan fingerprint density at radius 2 is 2.00 bits per heavy atom. The van der Waals surface area contributed by atoms with Crippen molar-refractivity contribution in [1.29, 1.82) is 0 Å². The summed E-state index contributed by atoms with van der Waals surface area (Å²) in [5.74, 6) is 0.384. The summed E-state index contributed by atoms with van der Waals surface area (Å²) in [6.45, 7) is 6.03. The third kappa shape index (κ3) is 5.81. The number of hydrogen-bond acceptors (Lipinski definition) is 6.